The molecule has 1 aromatic carbocycles. The molecular weight excluding hydrogens is 266 g/mol. The fourth-order valence-corrected chi connectivity index (χ4v) is 2.48. The van der Waals surface area contributed by atoms with Crippen LogP contribution in [0.1, 0.15) is 46.0 Å². The minimum Gasteiger partial charge on any atom is -0.463 e. The second-order valence-electron chi connectivity index (χ2n) is 5.11. The molecular formula is C17H21NO3. The number of carbonyl (C=O) groups is 1. The van der Waals surface area contributed by atoms with Crippen LogP contribution >= 0.6 is 0 Å². The van der Waals surface area contributed by atoms with Crippen molar-refractivity contribution in [3.8, 4) is 0 Å². The van der Waals surface area contributed by atoms with E-state index in [1.807, 2.05) is 13.0 Å². The number of benzene rings is 1. The van der Waals surface area contributed by atoms with Crippen LogP contribution in [-0.2, 0) is 4.74 Å². The number of nitrogens with one attached hydrogen (secondary N) is 1. The van der Waals surface area contributed by atoms with Crippen LogP contribution in [0.15, 0.2) is 34.7 Å². The Morgan fingerprint density at radius 3 is 2.48 bits per heavy atom. The summed E-state index contributed by atoms with van der Waals surface area (Å²) in [4.78, 5) is 11.5. The number of hydrogen-bond donors (Lipinski definition) is 1. The van der Waals surface area contributed by atoms with Gasteiger partial charge in [0.15, 0.2) is 0 Å². The third-order valence-corrected chi connectivity index (χ3v) is 3.28. The quantitative estimate of drug-likeness (QED) is 0.857. The van der Waals surface area contributed by atoms with Crippen molar-refractivity contribution in [3.05, 3.63) is 58.5 Å². The van der Waals surface area contributed by atoms with Crippen LogP contribution < -0.4 is 5.32 Å². The zero-order valence-corrected chi connectivity index (χ0v) is 12.9. The van der Waals surface area contributed by atoms with E-state index in [1.54, 1.807) is 6.07 Å². The zero-order chi connectivity index (χ0) is 15.4. The molecule has 0 aliphatic carbocycles. The molecule has 0 saturated heterocycles. The maximum absolute atomic E-state index is 11.5. The van der Waals surface area contributed by atoms with Gasteiger partial charge in [0.05, 0.1) is 13.2 Å². The Hall–Kier alpha value is -2.07. The Labute approximate surface area is 125 Å². The Bertz CT molecular complexity index is 610. The molecule has 2 rings (SSSR count). The van der Waals surface area contributed by atoms with Gasteiger partial charge in [-0.3, -0.25) is 0 Å². The summed E-state index contributed by atoms with van der Waals surface area (Å²) < 4.78 is 10.3. The molecule has 0 bridgehead atoms. The molecule has 1 N–H and O–H groups in total. The van der Waals surface area contributed by atoms with Gasteiger partial charge in [-0.1, -0.05) is 36.2 Å². The molecule has 0 spiro atoms. The van der Waals surface area contributed by atoms with Crippen molar-refractivity contribution in [2.24, 2.45) is 0 Å². The normalized spacial score (nSPS) is 12.2. The average Bonchev–Trinajstić information content (AvgIpc) is 2.92. The number of aryl methyl sites for hydroxylation is 2. The van der Waals surface area contributed by atoms with Crippen molar-refractivity contribution in [1.82, 2.24) is 5.32 Å². The molecule has 0 fully saturated rings. The van der Waals surface area contributed by atoms with Crippen LogP contribution in [0.5, 0.6) is 0 Å². The molecule has 0 radical (unpaired) electrons. The van der Waals surface area contributed by atoms with Crippen LogP contribution in [0.2, 0.25) is 0 Å². The first-order valence-electron chi connectivity index (χ1n) is 7.04. The highest BCUT2D eigenvalue weighted by molar-refractivity contribution is 5.86. The van der Waals surface area contributed by atoms with E-state index in [0.29, 0.717) is 5.76 Å². The fraction of sp³-hybridized carbons (Fsp3) is 0.353. The molecule has 0 saturated carbocycles. The van der Waals surface area contributed by atoms with Gasteiger partial charge >= 0.3 is 5.97 Å². The number of hydrogen-bond acceptors (Lipinski definition) is 4. The highest BCUT2D eigenvalue weighted by Crippen LogP contribution is 2.26. The topological polar surface area (TPSA) is 51.5 Å². The zero-order valence-electron chi connectivity index (χ0n) is 12.9. The highest BCUT2D eigenvalue weighted by Gasteiger charge is 2.20. The van der Waals surface area contributed by atoms with Crippen molar-refractivity contribution in [3.63, 3.8) is 0 Å². The van der Waals surface area contributed by atoms with E-state index in [-0.39, 0.29) is 11.8 Å². The van der Waals surface area contributed by atoms with Crippen LogP contribution in [0, 0.1) is 13.8 Å². The standard InChI is InChI=1S/C17H21NO3/c1-5-18-16(13-9-11(2)8-12(3)10-13)14-6-7-15(21-14)17(19)20-4/h6-10,16,18H,5H2,1-4H3. The van der Waals surface area contributed by atoms with E-state index < -0.39 is 5.97 Å². The largest absolute Gasteiger partial charge is 0.463 e. The van der Waals surface area contributed by atoms with E-state index >= 15 is 0 Å². The van der Waals surface area contributed by atoms with E-state index in [4.69, 9.17) is 4.42 Å². The lowest BCUT2D eigenvalue weighted by atomic mass is 9.99. The Balaban J connectivity index is 2.38. The molecule has 0 amide bonds. The number of methoxy groups -OCH3 is 1. The number of carbonyl (C=O) groups excluding carboxylic acids is 1. The van der Waals surface area contributed by atoms with Crippen molar-refractivity contribution < 1.29 is 13.9 Å². The molecule has 4 nitrogen and oxygen atoms in total. The summed E-state index contributed by atoms with van der Waals surface area (Å²) in [6.45, 7) is 6.98. The Morgan fingerprint density at radius 2 is 1.90 bits per heavy atom. The number of rotatable bonds is 5. The highest BCUT2D eigenvalue weighted by atomic mass is 16.5. The molecule has 1 atom stereocenters. The smallest absolute Gasteiger partial charge is 0.373 e. The second kappa shape index (κ2) is 6.59. The minimum atomic E-state index is -0.461. The molecule has 1 aromatic heterocycles. The van der Waals surface area contributed by atoms with Crippen molar-refractivity contribution >= 4 is 5.97 Å². The first kappa shape index (κ1) is 15.3. The van der Waals surface area contributed by atoms with Gasteiger partial charge in [-0.05, 0) is 38.1 Å². The predicted molar refractivity (Wildman–Crippen MR) is 81.5 cm³/mol. The molecule has 1 unspecified atom stereocenters. The first-order chi connectivity index (χ1) is 10.0. The summed E-state index contributed by atoms with van der Waals surface area (Å²) >= 11 is 0. The maximum Gasteiger partial charge on any atom is 0.373 e. The van der Waals surface area contributed by atoms with Crippen LogP contribution in [-0.4, -0.2) is 19.6 Å². The number of ether oxygens (including phenoxy) is 1. The minimum absolute atomic E-state index is 0.0768. The molecule has 21 heavy (non-hydrogen) atoms. The Kier molecular flexibility index (Phi) is 4.81. The maximum atomic E-state index is 11.5. The summed E-state index contributed by atoms with van der Waals surface area (Å²) in [5.74, 6) is 0.471. The molecule has 0 aliphatic heterocycles. The SMILES string of the molecule is CCNC(c1cc(C)cc(C)c1)c1ccc(C(=O)OC)o1. The molecule has 0 aliphatic rings. The van der Waals surface area contributed by atoms with Crippen molar-refractivity contribution in [1.29, 1.82) is 0 Å². The van der Waals surface area contributed by atoms with Crippen LogP contribution in [0.4, 0.5) is 0 Å². The third kappa shape index (κ3) is 3.52. The van der Waals surface area contributed by atoms with Crippen molar-refractivity contribution in [2.75, 3.05) is 13.7 Å². The number of furan rings is 1. The third-order valence-electron chi connectivity index (χ3n) is 3.28. The average molecular weight is 287 g/mol. The summed E-state index contributed by atoms with van der Waals surface area (Å²) in [6.07, 6.45) is 0. The molecule has 4 heteroatoms. The molecule has 112 valence electrons. The van der Waals surface area contributed by atoms with E-state index in [9.17, 15) is 4.79 Å². The lowest BCUT2D eigenvalue weighted by Crippen LogP contribution is -2.21. The van der Waals surface area contributed by atoms with E-state index in [1.165, 1.54) is 18.2 Å². The Morgan fingerprint density at radius 1 is 1.24 bits per heavy atom. The summed E-state index contributed by atoms with van der Waals surface area (Å²) in [5.41, 5.74) is 3.53. The van der Waals surface area contributed by atoms with E-state index in [2.05, 4.69) is 42.1 Å². The second-order valence-corrected chi connectivity index (χ2v) is 5.11. The van der Waals surface area contributed by atoms with Gasteiger partial charge < -0.3 is 14.5 Å². The van der Waals surface area contributed by atoms with Crippen LogP contribution in [0.3, 0.4) is 0 Å². The summed E-state index contributed by atoms with van der Waals surface area (Å²) in [5, 5.41) is 3.39. The lowest BCUT2D eigenvalue weighted by molar-refractivity contribution is 0.0562. The van der Waals surface area contributed by atoms with E-state index in [0.717, 1.165) is 12.1 Å². The van der Waals surface area contributed by atoms with Crippen LogP contribution in [0.25, 0.3) is 0 Å². The lowest BCUT2D eigenvalue weighted by Gasteiger charge is -2.17. The van der Waals surface area contributed by atoms with Gasteiger partial charge in [-0.25, -0.2) is 4.79 Å². The fourth-order valence-electron chi connectivity index (χ4n) is 2.48. The molecule has 2 aromatic rings. The van der Waals surface area contributed by atoms with Gasteiger partial charge in [0.1, 0.15) is 5.76 Å². The summed E-state index contributed by atoms with van der Waals surface area (Å²) in [7, 11) is 1.34. The number of esters is 1. The summed E-state index contributed by atoms with van der Waals surface area (Å²) in [6, 6.07) is 9.77. The monoisotopic (exact) mass is 287 g/mol. The first-order valence-corrected chi connectivity index (χ1v) is 7.04. The van der Waals surface area contributed by atoms with Gasteiger partial charge in [-0.15, -0.1) is 0 Å². The predicted octanol–water partition coefficient (Wildman–Crippen LogP) is 3.38. The van der Waals surface area contributed by atoms with Crippen molar-refractivity contribution in [2.45, 2.75) is 26.8 Å². The molecule has 1 heterocycles. The van der Waals surface area contributed by atoms with Gasteiger partial charge in [0, 0.05) is 0 Å². The van der Waals surface area contributed by atoms with Gasteiger partial charge in [0.25, 0.3) is 0 Å². The van der Waals surface area contributed by atoms with Gasteiger partial charge in [-0.2, -0.15) is 0 Å². The van der Waals surface area contributed by atoms with Gasteiger partial charge in [0.2, 0.25) is 5.76 Å².